The number of allylic oxidation sites excluding steroid dienone is 1. The van der Waals surface area contributed by atoms with Crippen molar-refractivity contribution in [3.63, 3.8) is 0 Å². The van der Waals surface area contributed by atoms with E-state index in [9.17, 15) is 22.8 Å². The van der Waals surface area contributed by atoms with E-state index in [1.54, 1.807) is 24.3 Å². The van der Waals surface area contributed by atoms with Crippen LogP contribution < -0.4 is 19.6 Å². The van der Waals surface area contributed by atoms with Gasteiger partial charge in [0.1, 0.15) is 11.8 Å². The largest absolute Gasteiger partial charge is 0.478 e. The molecule has 0 saturated heterocycles. The van der Waals surface area contributed by atoms with Crippen molar-refractivity contribution in [3.8, 4) is 11.8 Å². The molecule has 0 bridgehead atoms. The maximum Gasteiger partial charge on any atom is 0.434 e. The summed E-state index contributed by atoms with van der Waals surface area (Å²) in [5.41, 5.74) is -2.23. The highest BCUT2D eigenvalue weighted by Gasteiger charge is 2.45. The Morgan fingerprint density at radius 1 is 1.17 bits per heavy atom. The van der Waals surface area contributed by atoms with E-state index in [-0.39, 0.29) is 28.1 Å². The Hall–Kier alpha value is -4.40. The van der Waals surface area contributed by atoms with Gasteiger partial charge in [0.2, 0.25) is 0 Å². The Labute approximate surface area is 239 Å². The van der Waals surface area contributed by atoms with E-state index in [4.69, 9.17) is 26.3 Å². The van der Waals surface area contributed by atoms with Crippen molar-refractivity contribution in [3.05, 3.63) is 108 Å². The van der Waals surface area contributed by atoms with E-state index in [0.29, 0.717) is 21.7 Å². The van der Waals surface area contributed by atoms with Crippen LogP contribution in [-0.4, -0.2) is 29.9 Å². The summed E-state index contributed by atoms with van der Waals surface area (Å²) >= 11 is 6.76. The molecule has 1 aliphatic rings. The van der Waals surface area contributed by atoms with Gasteiger partial charge in [-0.3, -0.25) is 9.36 Å². The molecule has 0 fully saturated rings. The maximum absolute atomic E-state index is 14.3. The summed E-state index contributed by atoms with van der Waals surface area (Å²) in [7, 11) is 0. The zero-order chi connectivity index (χ0) is 29.3. The molecule has 5 rings (SSSR count). The third-order valence-electron chi connectivity index (χ3n) is 6.28. The number of carbonyl (C=O) groups is 1. The lowest BCUT2D eigenvalue weighted by molar-refractivity contribution is -0.140. The van der Waals surface area contributed by atoms with Crippen molar-refractivity contribution >= 4 is 45.8 Å². The van der Waals surface area contributed by atoms with Crippen LogP contribution in [-0.2, 0) is 9.53 Å². The fourth-order valence-electron chi connectivity index (χ4n) is 4.59. The lowest BCUT2D eigenvalue weighted by atomic mass is 9.95. The molecular weight excluding hydrogens is 579 g/mol. The number of aromatic nitrogens is 1. The molecular formula is C29H19ClF3N3O4S. The molecule has 2 heterocycles. The molecule has 3 aromatic carbocycles. The molecule has 1 aromatic heterocycles. The third-order valence-corrected chi connectivity index (χ3v) is 7.51. The zero-order valence-corrected chi connectivity index (χ0v) is 22.8. The number of esters is 1. The van der Waals surface area contributed by atoms with Crippen LogP contribution in [0.2, 0.25) is 5.02 Å². The average Bonchev–Trinajstić information content (AvgIpc) is 3.26. The van der Waals surface area contributed by atoms with E-state index in [1.807, 2.05) is 18.2 Å². The van der Waals surface area contributed by atoms with Crippen LogP contribution in [0.25, 0.3) is 16.8 Å². The van der Waals surface area contributed by atoms with Gasteiger partial charge in [-0.05, 0) is 47.5 Å². The quantitative estimate of drug-likeness (QED) is 0.290. The van der Waals surface area contributed by atoms with Gasteiger partial charge in [-0.2, -0.15) is 18.4 Å². The molecule has 0 unspecified atom stereocenters. The van der Waals surface area contributed by atoms with Gasteiger partial charge in [0.25, 0.3) is 5.56 Å². The summed E-state index contributed by atoms with van der Waals surface area (Å²) in [6, 6.07) is 16.9. The predicted molar refractivity (Wildman–Crippen MR) is 147 cm³/mol. The molecule has 0 N–H and O–H groups in total. The minimum atomic E-state index is -5.02. The molecule has 1 atom stereocenters. The van der Waals surface area contributed by atoms with E-state index in [2.05, 4.69) is 4.99 Å². The van der Waals surface area contributed by atoms with Gasteiger partial charge in [0.15, 0.2) is 17.1 Å². The monoisotopic (exact) mass is 597 g/mol. The molecule has 7 nitrogen and oxygen atoms in total. The minimum absolute atomic E-state index is 0.0486. The second kappa shape index (κ2) is 11.2. The number of ether oxygens (including phenoxy) is 2. The fraction of sp³-hybridized carbons (Fsp3) is 0.172. The highest BCUT2D eigenvalue weighted by atomic mass is 35.5. The maximum atomic E-state index is 14.3. The van der Waals surface area contributed by atoms with Gasteiger partial charge in [-0.1, -0.05) is 65.4 Å². The number of nitriles is 1. The predicted octanol–water partition coefficient (Wildman–Crippen LogP) is 5.05. The number of nitrogens with zero attached hydrogens (tertiary/aromatic N) is 3. The van der Waals surface area contributed by atoms with Crippen molar-refractivity contribution < 1.29 is 27.4 Å². The van der Waals surface area contributed by atoms with Gasteiger partial charge in [-0.15, -0.1) is 0 Å². The number of thiazole rings is 1. The molecule has 0 amide bonds. The molecule has 0 radical (unpaired) electrons. The molecule has 1 aliphatic heterocycles. The summed E-state index contributed by atoms with van der Waals surface area (Å²) in [6.07, 6.45) is -3.52. The first-order valence-electron chi connectivity index (χ1n) is 12.2. The summed E-state index contributed by atoms with van der Waals surface area (Å²) in [5.74, 6) is -0.924. The number of hydrogen-bond donors (Lipinski definition) is 0. The topological polar surface area (TPSA) is 93.7 Å². The lowest BCUT2D eigenvalue weighted by Crippen LogP contribution is -2.41. The zero-order valence-electron chi connectivity index (χ0n) is 21.2. The van der Waals surface area contributed by atoms with E-state index in [0.717, 1.165) is 21.3 Å². The average molecular weight is 598 g/mol. The summed E-state index contributed by atoms with van der Waals surface area (Å²) in [6.45, 7) is 1.03. The first kappa shape index (κ1) is 28.1. The Balaban J connectivity index is 1.83. The van der Waals surface area contributed by atoms with Crippen molar-refractivity contribution in [1.82, 2.24) is 4.57 Å². The van der Waals surface area contributed by atoms with E-state index < -0.39 is 35.0 Å². The van der Waals surface area contributed by atoms with Crippen LogP contribution >= 0.6 is 22.9 Å². The van der Waals surface area contributed by atoms with Gasteiger partial charge >= 0.3 is 12.1 Å². The first-order valence-corrected chi connectivity index (χ1v) is 13.4. The third kappa shape index (κ3) is 5.36. The normalized spacial score (nSPS) is 15.3. The van der Waals surface area contributed by atoms with Crippen molar-refractivity contribution in [2.24, 2.45) is 4.99 Å². The lowest BCUT2D eigenvalue weighted by Gasteiger charge is -2.26. The second-order valence-electron chi connectivity index (χ2n) is 8.76. The van der Waals surface area contributed by atoms with E-state index >= 15 is 0 Å². The Bertz CT molecular complexity index is 1920. The number of alkyl halides is 3. The fourth-order valence-corrected chi connectivity index (χ4v) is 5.70. The summed E-state index contributed by atoms with van der Waals surface area (Å²) < 4.78 is 54.7. The second-order valence-corrected chi connectivity index (χ2v) is 10.2. The highest BCUT2D eigenvalue weighted by molar-refractivity contribution is 7.07. The number of fused-ring (bicyclic) bond motifs is 2. The standard InChI is InChI=1S/C29H19ClF3N3O4S/c1-2-39-27(38)23-24(17-7-10-18(30)11-8-17)36-26(37)22(41-28(36)35-25(23)29(31,32)33)15-20-19-6-4-3-5-16(19)9-12-21(20)40-14-13-34/h3-12,15,24H,2,14H2,1H3/b22-15-/t24-/m1/s1. The number of hydrogen-bond acceptors (Lipinski definition) is 7. The summed E-state index contributed by atoms with van der Waals surface area (Å²) in [4.78, 5) is 30.4. The van der Waals surface area contributed by atoms with Gasteiger partial charge in [-0.25, -0.2) is 9.79 Å². The van der Waals surface area contributed by atoms with Gasteiger partial charge in [0.05, 0.1) is 22.8 Å². The van der Waals surface area contributed by atoms with Crippen LogP contribution in [0.4, 0.5) is 13.2 Å². The minimum Gasteiger partial charge on any atom is -0.478 e. The van der Waals surface area contributed by atoms with Gasteiger partial charge in [0, 0.05) is 10.6 Å². The number of carbonyl (C=O) groups excluding carboxylic acids is 1. The molecule has 0 saturated carbocycles. The van der Waals surface area contributed by atoms with Crippen molar-refractivity contribution in [2.75, 3.05) is 13.2 Å². The molecule has 41 heavy (non-hydrogen) atoms. The van der Waals surface area contributed by atoms with Crippen LogP contribution in [0.15, 0.2) is 81.7 Å². The molecule has 208 valence electrons. The van der Waals surface area contributed by atoms with Crippen LogP contribution in [0.1, 0.15) is 24.1 Å². The Morgan fingerprint density at radius 3 is 2.59 bits per heavy atom. The van der Waals surface area contributed by atoms with Crippen molar-refractivity contribution in [1.29, 1.82) is 5.26 Å². The van der Waals surface area contributed by atoms with Crippen LogP contribution in [0.3, 0.4) is 0 Å². The Morgan fingerprint density at radius 2 is 1.90 bits per heavy atom. The van der Waals surface area contributed by atoms with Gasteiger partial charge < -0.3 is 9.47 Å². The van der Waals surface area contributed by atoms with Crippen LogP contribution in [0, 0.1) is 11.3 Å². The van der Waals surface area contributed by atoms with E-state index in [1.165, 1.54) is 37.3 Å². The number of rotatable bonds is 6. The Kier molecular flexibility index (Phi) is 7.71. The molecule has 12 heteroatoms. The molecule has 4 aromatic rings. The highest BCUT2D eigenvalue weighted by Crippen LogP contribution is 2.38. The molecule has 0 spiro atoms. The van der Waals surface area contributed by atoms with Crippen molar-refractivity contribution in [2.45, 2.75) is 19.1 Å². The number of benzene rings is 3. The summed E-state index contributed by atoms with van der Waals surface area (Å²) in [5, 5.41) is 10.9. The first-order chi connectivity index (χ1) is 19.6. The molecule has 0 aliphatic carbocycles. The SMILES string of the molecule is CCOC(=O)C1=C(C(F)(F)F)N=c2s/c(=C\c3c(OCC#N)ccc4ccccc34)c(=O)n2[C@@H]1c1ccc(Cl)cc1. The van der Waals surface area contributed by atoms with Crippen LogP contribution in [0.5, 0.6) is 5.75 Å². The number of halogens is 4. The smallest absolute Gasteiger partial charge is 0.434 e.